The summed E-state index contributed by atoms with van der Waals surface area (Å²) in [5.41, 5.74) is 1.37. The number of anilines is 1. The zero-order valence-electron chi connectivity index (χ0n) is 16.2. The van der Waals surface area contributed by atoms with Gasteiger partial charge in [0.2, 0.25) is 5.91 Å². The molecule has 6 heteroatoms. The molecule has 148 valence electrons. The standard InChI is InChI=1S/C21H31N3O3/c1-24(18-9-3-2-4-10-18)20(25)15-22-17-8-5-7-16(13-17)21(26)23-14-19-11-6-12-27-19/h5,7-8,13,18-19,22H,2-4,6,9-12,14-15H2,1H3,(H,23,26). The monoisotopic (exact) mass is 373 g/mol. The van der Waals surface area contributed by atoms with E-state index in [1.165, 1.54) is 19.3 Å². The molecule has 2 aliphatic rings. The minimum Gasteiger partial charge on any atom is -0.376 e. The van der Waals surface area contributed by atoms with Gasteiger partial charge in [-0.1, -0.05) is 25.3 Å². The number of likely N-dealkylation sites (N-methyl/N-ethyl adjacent to an activating group) is 1. The Morgan fingerprint density at radius 2 is 1.96 bits per heavy atom. The van der Waals surface area contributed by atoms with E-state index >= 15 is 0 Å². The van der Waals surface area contributed by atoms with E-state index in [2.05, 4.69) is 10.6 Å². The molecule has 1 saturated carbocycles. The van der Waals surface area contributed by atoms with Crippen molar-refractivity contribution in [3.05, 3.63) is 29.8 Å². The van der Waals surface area contributed by atoms with Crippen LogP contribution in [-0.4, -0.2) is 55.6 Å². The van der Waals surface area contributed by atoms with Gasteiger partial charge in [0.1, 0.15) is 0 Å². The van der Waals surface area contributed by atoms with Crippen LogP contribution in [0.1, 0.15) is 55.3 Å². The largest absolute Gasteiger partial charge is 0.376 e. The third-order valence-electron chi connectivity index (χ3n) is 5.60. The van der Waals surface area contributed by atoms with E-state index in [1.807, 2.05) is 24.1 Å². The fourth-order valence-corrected chi connectivity index (χ4v) is 3.86. The van der Waals surface area contributed by atoms with Crippen LogP contribution in [0.5, 0.6) is 0 Å². The average molecular weight is 373 g/mol. The molecule has 1 aliphatic carbocycles. The molecular weight excluding hydrogens is 342 g/mol. The maximum Gasteiger partial charge on any atom is 0.251 e. The fraction of sp³-hybridized carbons (Fsp3) is 0.619. The van der Waals surface area contributed by atoms with Crippen LogP contribution in [0.3, 0.4) is 0 Å². The Morgan fingerprint density at radius 3 is 2.70 bits per heavy atom. The predicted molar refractivity (Wildman–Crippen MR) is 106 cm³/mol. The van der Waals surface area contributed by atoms with Crippen molar-refractivity contribution < 1.29 is 14.3 Å². The highest BCUT2D eigenvalue weighted by molar-refractivity contribution is 5.95. The van der Waals surface area contributed by atoms with Gasteiger partial charge in [0.25, 0.3) is 5.91 Å². The molecule has 1 aromatic rings. The molecule has 1 unspecified atom stereocenters. The summed E-state index contributed by atoms with van der Waals surface area (Å²) in [4.78, 5) is 26.7. The summed E-state index contributed by atoms with van der Waals surface area (Å²) in [7, 11) is 1.90. The van der Waals surface area contributed by atoms with Gasteiger partial charge in [0.15, 0.2) is 0 Å². The summed E-state index contributed by atoms with van der Waals surface area (Å²) in [6.45, 7) is 1.57. The molecule has 0 bridgehead atoms. The Kier molecular flexibility index (Phi) is 7.10. The number of hydrogen-bond donors (Lipinski definition) is 2. The van der Waals surface area contributed by atoms with E-state index in [1.54, 1.807) is 12.1 Å². The van der Waals surface area contributed by atoms with Gasteiger partial charge in [-0.3, -0.25) is 9.59 Å². The molecule has 3 rings (SSSR count). The SMILES string of the molecule is CN(C(=O)CNc1cccc(C(=O)NCC2CCCO2)c1)C1CCCCC1. The average Bonchev–Trinajstić information content (AvgIpc) is 3.24. The smallest absolute Gasteiger partial charge is 0.251 e. The van der Waals surface area contributed by atoms with Crippen LogP contribution in [0.2, 0.25) is 0 Å². The molecule has 1 aromatic carbocycles. The Hall–Kier alpha value is -2.08. The summed E-state index contributed by atoms with van der Waals surface area (Å²) in [6.07, 6.45) is 8.08. The summed E-state index contributed by atoms with van der Waals surface area (Å²) < 4.78 is 5.53. The normalized spacial score (nSPS) is 20.3. The second-order valence-electron chi connectivity index (χ2n) is 7.58. The van der Waals surface area contributed by atoms with Crippen molar-refractivity contribution in [3.8, 4) is 0 Å². The number of carbonyl (C=O) groups is 2. The first-order valence-electron chi connectivity index (χ1n) is 10.1. The van der Waals surface area contributed by atoms with Gasteiger partial charge in [0.05, 0.1) is 12.6 Å². The Bertz CT molecular complexity index is 637. The zero-order valence-corrected chi connectivity index (χ0v) is 16.2. The Morgan fingerprint density at radius 1 is 1.15 bits per heavy atom. The van der Waals surface area contributed by atoms with E-state index in [-0.39, 0.29) is 24.5 Å². The lowest BCUT2D eigenvalue weighted by molar-refractivity contribution is -0.130. The number of nitrogens with one attached hydrogen (secondary N) is 2. The van der Waals surface area contributed by atoms with Crippen molar-refractivity contribution in [2.45, 2.75) is 57.1 Å². The van der Waals surface area contributed by atoms with Gasteiger partial charge in [-0.15, -0.1) is 0 Å². The molecule has 2 fully saturated rings. The van der Waals surface area contributed by atoms with Crippen LogP contribution >= 0.6 is 0 Å². The Labute approximate surface area is 161 Å². The molecule has 0 aromatic heterocycles. The van der Waals surface area contributed by atoms with E-state index in [0.29, 0.717) is 18.2 Å². The van der Waals surface area contributed by atoms with Crippen molar-refractivity contribution in [1.29, 1.82) is 0 Å². The first-order valence-corrected chi connectivity index (χ1v) is 10.1. The summed E-state index contributed by atoms with van der Waals surface area (Å²) in [5, 5.41) is 6.09. The lowest BCUT2D eigenvalue weighted by Gasteiger charge is -2.31. The highest BCUT2D eigenvalue weighted by Gasteiger charge is 2.22. The topological polar surface area (TPSA) is 70.7 Å². The summed E-state index contributed by atoms with van der Waals surface area (Å²) in [5.74, 6) is -0.0186. The van der Waals surface area contributed by atoms with Crippen LogP contribution in [0.15, 0.2) is 24.3 Å². The summed E-state index contributed by atoms with van der Waals surface area (Å²) >= 11 is 0. The van der Waals surface area contributed by atoms with Crippen LogP contribution in [0, 0.1) is 0 Å². The van der Waals surface area contributed by atoms with Crippen molar-refractivity contribution in [3.63, 3.8) is 0 Å². The molecule has 2 amide bonds. The molecule has 0 spiro atoms. The third-order valence-corrected chi connectivity index (χ3v) is 5.60. The van der Waals surface area contributed by atoms with Gasteiger partial charge in [-0.25, -0.2) is 0 Å². The van der Waals surface area contributed by atoms with Crippen LogP contribution in [-0.2, 0) is 9.53 Å². The van der Waals surface area contributed by atoms with Crippen LogP contribution < -0.4 is 10.6 Å². The van der Waals surface area contributed by atoms with E-state index in [0.717, 1.165) is 38.0 Å². The van der Waals surface area contributed by atoms with E-state index in [9.17, 15) is 9.59 Å². The molecule has 1 atom stereocenters. The molecule has 0 radical (unpaired) electrons. The first-order chi connectivity index (χ1) is 13.1. The third kappa shape index (κ3) is 5.70. The van der Waals surface area contributed by atoms with Crippen molar-refractivity contribution in [2.75, 3.05) is 32.1 Å². The second-order valence-corrected chi connectivity index (χ2v) is 7.58. The first kappa shape index (κ1) is 19.7. The maximum atomic E-state index is 12.5. The van der Waals surface area contributed by atoms with Gasteiger partial charge in [-0.2, -0.15) is 0 Å². The molecular formula is C21H31N3O3. The van der Waals surface area contributed by atoms with Gasteiger partial charge in [0, 0.05) is 37.5 Å². The number of nitrogens with zero attached hydrogens (tertiary/aromatic N) is 1. The van der Waals surface area contributed by atoms with E-state index < -0.39 is 0 Å². The molecule has 1 heterocycles. The molecule has 2 N–H and O–H groups in total. The number of rotatable bonds is 7. The second kappa shape index (κ2) is 9.74. The van der Waals surface area contributed by atoms with Crippen molar-refractivity contribution in [1.82, 2.24) is 10.2 Å². The highest BCUT2D eigenvalue weighted by atomic mass is 16.5. The number of ether oxygens (including phenoxy) is 1. The van der Waals surface area contributed by atoms with Crippen LogP contribution in [0.4, 0.5) is 5.69 Å². The number of hydrogen-bond acceptors (Lipinski definition) is 4. The number of amides is 2. The van der Waals surface area contributed by atoms with Crippen molar-refractivity contribution >= 4 is 17.5 Å². The maximum absolute atomic E-state index is 12.5. The van der Waals surface area contributed by atoms with Gasteiger partial charge < -0.3 is 20.3 Å². The molecule has 1 saturated heterocycles. The zero-order chi connectivity index (χ0) is 19.1. The summed E-state index contributed by atoms with van der Waals surface area (Å²) in [6, 6.07) is 7.65. The number of carbonyl (C=O) groups excluding carboxylic acids is 2. The minimum atomic E-state index is -0.111. The van der Waals surface area contributed by atoms with Gasteiger partial charge in [-0.05, 0) is 43.9 Å². The number of benzene rings is 1. The van der Waals surface area contributed by atoms with Crippen LogP contribution in [0.25, 0.3) is 0 Å². The van der Waals surface area contributed by atoms with E-state index in [4.69, 9.17) is 4.74 Å². The predicted octanol–water partition coefficient (Wildman–Crippen LogP) is 2.80. The quantitative estimate of drug-likeness (QED) is 0.771. The molecule has 6 nitrogen and oxygen atoms in total. The lowest BCUT2D eigenvalue weighted by atomic mass is 9.94. The Balaban J connectivity index is 1.47. The molecule has 1 aliphatic heterocycles. The highest BCUT2D eigenvalue weighted by Crippen LogP contribution is 2.21. The lowest BCUT2D eigenvalue weighted by Crippen LogP contribution is -2.41. The fourth-order valence-electron chi connectivity index (χ4n) is 3.86. The minimum absolute atomic E-state index is 0.0927. The van der Waals surface area contributed by atoms with Gasteiger partial charge >= 0.3 is 0 Å². The molecule has 27 heavy (non-hydrogen) atoms. The van der Waals surface area contributed by atoms with Crippen molar-refractivity contribution in [2.24, 2.45) is 0 Å².